The molecular formula is C11H21N3O2S. The zero-order valence-corrected chi connectivity index (χ0v) is 11.5. The van der Waals surface area contributed by atoms with E-state index in [0.29, 0.717) is 13.2 Å². The zero-order chi connectivity index (χ0) is 12.7. The molecule has 0 saturated carbocycles. The molecule has 0 radical (unpaired) electrons. The normalized spacial score (nSPS) is 25.9. The molecule has 1 amide bonds. The van der Waals surface area contributed by atoms with Gasteiger partial charge in [-0.1, -0.05) is 18.7 Å². The summed E-state index contributed by atoms with van der Waals surface area (Å²) >= 11 is 1.68. The van der Waals surface area contributed by atoms with Gasteiger partial charge in [0.1, 0.15) is 6.54 Å². The number of carbonyl (C=O) groups excluding carboxylic acids is 1. The van der Waals surface area contributed by atoms with Crippen molar-refractivity contribution < 1.29 is 9.53 Å². The van der Waals surface area contributed by atoms with Crippen molar-refractivity contribution in [2.24, 2.45) is 4.99 Å². The van der Waals surface area contributed by atoms with E-state index in [1.54, 1.807) is 18.9 Å². The lowest BCUT2D eigenvalue weighted by atomic mass is 10.0. The van der Waals surface area contributed by atoms with Crippen molar-refractivity contribution in [3.05, 3.63) is 0 Å². The maximum Gasteiger partial charge on any atom is 0.241 e. The third-order valence-electron chi connectivity index (χ3n) is 2.71. The molecular weight excluding hydrogens is 238 g/mol. The Morgan fingerprint density at radius 1 is 1.71 bits per heavy atom. The number of amidine groups is 1. The minimum absolute atomic E-state index is 0.0675. The molecule has 1 aliphatic rings. The van der Waals surface area contributed by atoms with Crippen LogP contribution in [0.1, 0.15) is 20.3 Å². The van der Waals surface area contributed by atoms with Crippen molar-refractivity contribution in [3.8, 4) is 0 Å². The molecule has 1 unspecified atom stereocenters. The van der Waals surface area contributed by atoms with Crippen LogP contribution in [-0.4, -0.2) is 49.2 Å². The predicted octanol–water partition coefficient (Wildman–Crippen LogP) is 0.610. The van der Waals surface area contributed by atoms with Crippen LogP contribution < -0.4 is 10.6 Å². The van der Waals surface area contributed by atoms with Crippen LogP contribution in [-0.2, 0) is 9.53 Å². The first-order valence-electron chi connectivity index (χ1n) is 5.81. The monoisotopic (exact) mass is 259 g/mol. The Labute approximate surface area is 107 Å². The summed E-state index contributed by atoms with van der Waals surface area (Å²) in [5.74, 6) is 0.940. The molecule has 0 bridgehead atoms. The van der Waals surface area contributed by atoms with E-state index in [0.717, 1.165) is 17.3 Å². The first-order valence-corrected chi connectivity index (χ1v) is 6.79. The first-order chi connectivity index (χ1) is 8.09. The number of thioether (sulfide) groups is 1. The Kier molecular flexibility index (Phi) is 5.77. The number of carbonyl (C=O) groups is 1. The number of hydrogen-bond donors (Lipinski definition) is 2. The van der Waals surface area contributed by atoms with Crippen LogP contribution in [0, 0.1) is 0 Å². The van der Waals surface area contributed by atoms with E-state index in [9.17, 15) is 4.79 Å². The lowest BCUT2D eigenvalue weighted by Gasteiger charge is -2.20. The summed E-state index contributed by atoms with van der Waals surface area (Å²) in [5, 5.41) is 6.95. The molecule has 0 spiro atoms. The van der Waals surface area contributed by atoms with E-state index in [2.05, 4.69) is 29.5 Å². The average Bonchev–Trinajstić information content (AvgIpc) is 2.70. The molecule has 1 rings (SSSR count). The summed E-state index contributed by atoms with van der Waals surface area (Å²) in [6.45, 7) is 5.56. The fourth-order valence-corrected chi connectivity index (χ4v) is 2.53. The second-order valence-corrected chi connectivity index (χ2v) is 5.26. The van der Waals surface area contributed by atoms with Crippen LogP contribution in [0.3, 0.4) is 0 Å². The minimum Gasteiger partial charge on any atom is -0.383 e. The van der Waals surface area contributed by atoms with E-state index >= 15 is 0 Å². The van der Waals surface area contributed by atoms with Gasteiger partial charge in [-0.25, -0.2) is 0 Å². The van der Waals surface area contributed by atoms with Gasteiger partial charge in [-0.3, -0.25) is 9.79 Å². The van der Waals surface area contributed by atoms with Gasteiger partial charge in [-0.05, 0) is 13.3 Å². The van der Waals surface area contributed by atoms with Crippen molar-refractivity contribution in [1.82, 2.24) is 10.6 Å². The van der Waals surface area contributed by atoms with Crippen LogP contribution in [0.15, 0.2) is 4.99 Å². The van der Waals surface area contributed by atoms with Gasteiger partial charge in [0.25, 0.3) is 0 Å². The van der Waals surface area contributed by atoms with Crippen molar-refractivity contribution in [1.29, 1.82) is 0 Å². The van der Waals surface area contributed by atoms with Crippen LogP contribution in [0.2, 0.25) is 0 Å². The number of methoxy groups -OCH3 is 1. The molecule has 17 heavy (non-hydrogen) atoms. The number of ether oxygens (including phenoxy) is 1. The van der Waals surface area contributed by atoms with E-state index in [1.165, 1.54) is 0 Å². The molecule has 98 valence electrons. The molecule has 5 nitrogen and oxygen atoms in total. The van der Waals surface area contributed by atoms with Crippen LogP contribution in [0.5, 0.6) is 0 Å². The molecule has 1 fully saturated rings. The molecule has 1 heterocycles. The Morgan fingerprint density at radius 2 is 2.47 bits per heavy atom. The number of aliphatic imine (C=N–C) groups is 1. The summed E-state index contributed by atoms with van der Waals surface area (Å²) < 4.78 is 4.85. The van der Waals surface area contributed by atoms with Crippen LogP contribution in [0.4, 0.5) is 0 Å². The van der Waals surface area contributed by atoms with Gasteiger partial charge >= 0.3 is 0 Å². The second-order valence-electron chi connectivity index (χ2n) is 4.29. The number of nitrogens with zero attached hydrogens (tertiary/aromatic N) is 1. The van der Waals surface area contributed by atoms with Crippen LogP contribution in [0.25, 0.3) is 0 Å². The summed E-state index contributed by atoms with van der Waals surface area (Å²) in [6, 6.07) is 0. The fraction of sp³-hybridized carbons (Fsp3) is 0.818. The highest BCUT2D eigenvalue weighted by molar-refractivity contribution is 8.14. The molecule has 6 heteroatoms. The van der Waals surface area contributed by atoms with Gasteiger partial charge in [-0.2, -0.15) is 0 Å². The van der Waals surface area contributed by atoms with Crippen molar-refractivity contribution in [2.45, 2.75) is 25.8 Å². The van der Waals surface area contributed by atoms with E-state index < -0.39 is 0 Å². The Balaban J connectivity index is 2.28. The van der Waals surface area contributed by atoms with Gasteiger partial charge in [0.2, 0.25) is 5.91 Å². The number of hydrogen-bond acceptors (Lipinski definition) is 4. The van der Waals surface area contributed by atoms with Gasteiger partial charge in [-0.15, -0.1) is 0 Å². The minimum atomic E-state index is -0.0675. The lowest BCUT2D eigenvalue weighted by molar-refractivity contribution is -0.119. The average molecular weight is 259 g/mol. The zero-order valence-electron chi connectivity index (χ0n) is 10.7. The smallest absolute Gasteiger partial charge is 0.241 e. The number of amides is 1. The number of nitrogens with one attached hydrogen (secondary N) is 2. The maximum atomic E-state index is 11.4. The van der Waals surface area contributed by atoms with Gasteiger partial charge in [0.05, 0.1) is 6.61 Å². The summed E-state index contributed by atoms with van der Waals surface area (Å²) in [6.07, 6.45) is 1.05. The summed E-state index contributed by atoms with van der Waals surface area (Å²) in [5.41, 5.74) is 0.121. The molecule has 0 aliphatic carbocycles. The van der Waals surface area contributed by atoms with Crippen LogP contribution >= 0.6 is 11.8 Å². The quantitative estimate of drug-likeness (QED) is 0.686. The Hall–Kier alpha value is -0.750. The molecule has 0 aromatic carbocycles. The van der Waals surface area contributed by atoms with E-state index in [1.807, 2.05) is 0 Å². The topological polar surface area (TPSA) is 62.7 Å². The molecule has 1 atom stereocenters. The highest BCUT2D eigenvalue weighted by Crippen LogP contribution is 2.25. The molecule has 2 N–H and O–H groups in total. The Morgan fingerprint density at radius 3 is 3.06 bits per heavy atom. The van der Waals surface area contributed by atoms with Gasteiger partial charge in [0, 0.05) is 24.9 Å². The van der Waals surface area contributed by atoms with Crippen molar-refractivity contribution in [2.75, 3.05) is 32.6 Å². The second kappa shape index (κ2) is 6.86. The summed E-state index contributed by atoms with van der Waals surface area (Å²) in [4.78, 5) is 15.7. The van der Waals surface area contributed by atoms with Gasteiger partial charge in [0.15, 0.2) is 5.17 Å². The SMILES string of the molecule is CCC1(C)CSC(=NCC(=O)NCCOC)N1. The first kappa shape index (κ1) is 14.3. The third kappa shape index (κ3) is 4.95. The molecule has 0 aromatic heterocycles. The maximum absolute atomic E-state index is 11.4. The van der Waals surface area contributed by atoms with E-state index in [-0.39, 0.29) is 18.0 Å². The lowest BCUT2D eigenvalue weighted by Crippen LogP contribution is -2.40. The fourth-order valence-electron chi connectivity index (χ4n) is 1.33. The Bertz CT molecular complexity index is 296. The van der Waals surface area contributed by atoms with Gasteiger partial charge < -0.3 is 15.4 Å². The van der Waals surface area contributed by atoms with Crippen molar-refractivity contribution >= 4 is 22.8 Å². The third-order valence-corrected chi connectivity index (χ3v) is 4.00. The van der Waals surface area contributed by atoms with Crippen molar-refractivity contribution in [3.63, 3.8) is 0 Å². The molecule has 1 saturated heterocycles. The summed E-state index contributed by atoms with van der Waals surface area (Å²) in [7, 11) is 1.61. The highest BCUT2D eigenvalue weighted by atomic mass is 32.2. The number of rotatable bonds is 6. The molecule has 1 aliphatic heterocycles. The largest absolute Gasteiger partial charge is 0.383 e. The van der Waals surface area contributed by atoms with E-state index in [4.69, 9.17) is 4.74 Å². The highest BCUT2D eigenvalue weighted by Gasteiger charge is 2.30. The standard InChI is InChI=1S/C11H21N3O2S/c1-4-11(2)8-17-10(14-11)13-7-9(15)12-5-6-16-3/h4-8H2,1-3H3,(H,12,15)(H,13,14). The predicted molar refractivity (Wildman–Crippen MR) is 71.5 cm³/mol. The molecule has 0 aromatic rings.